The predicted molar refractivity (Wildman–Crippen MR) is 136 cm³/mol. The maximum atomic E-state index is 13.4. The molecule has 4 heterocycles. The molecule has 6 rings (SSSR count). The third kappa shape index (κ3) is 3.93. The van der Waals surface area contributed by atoms with Gasteiger partial charge in [-0.2, -0.15) is 0 Å². The van der Waals surface area contributed by atoms with Gasteiger partial charge in [-0.25, -0.2) is 9.78 Å². The van der Waals surface area contributed by atoms with Crippen LogP contribution in [-0.4, -0.2) is 45.1 Å². The van der Waals surface area contributed by atoms with Crippen LogP contribution in [0.2, 0.25) is 0 Å². The molecule has 186 valence electrons. The van der Waals surface area contributed by atoms with Crippen molar-refractivity contribution in [3.63, 3.8) is 0 Å². The average Bonchev–Trinajstić information content (AvgIpc) is 3.43. The van der Waals surface area contributed by atoms with E-state index in [4.69, 9.17) is 0 Å². The molecule has 0 radical (unpaired) electrons. The molecule has 2 aliphatic carbocycles. The Hall–Kier alpha value is -3.40. The zero-order valence-corrected chi connectivity index (χ0v) is 20.6. The highest BCUT2D eigenvalue weighted by molar-refractivity contribution is 8.01. The van der Waals surface area contributed by atoms with Crippen LogP contribution in [0.5, 0.6) is 0 Å². The van der Waals surface area contributed by atoms with E-state index in [0.29, 0.717) is 5.92 Å². The van der Waals surface area contributed by atoms with Gasteiger partial charge in [-0.1, -0.05) is 24.8 Å². The minimum absolute atomic E-state index is 0.130. The number of anilines is 2. The van der Waals surface area contributed by atoms with Crippen LogP contribution in [0.4, 0.5) is 16.2 Å². The zero-order chi connectivity index (χ0) is 24.8. The van der Waals surface area contributed by atoms with Crippen LogP contribution in [0.3, 0.4) is 0 Å². The molecule has 4 amide bonds. The molecule has 2 aliphatic heterocycles. The molecule has 36 heavy (non-hydrogen) atoms. The Morgan fingerprint density at radius 1 is 1.08 bits per heavy atom. The molecule has 9 nitrogen and oxygen atoms in total. The highest BCUT2D eigenvalue weighted by Gasteiger charge is 2.47. The van der Waals surface area contributed by atoms with E-state index in [1.807, 2.05) is 18.2 Å². The van der Waals surface area contributed by atoms with Crippen LogP contribution < -0.4 is 20.9 Å². The topological polar surface area (TPSA) is 116 Å². The number of amides is 4. The van der Waals surface area contributed by atoms with E-state index in [1.54, 1.807) is 17.3 Å². The maximum Gasteiger partial charge on any atom is 0.327 e. The van der Waals surface area contributed by atoms with Crippen molar-refractivity contribution in [2.75, 3.05) is 4.90 Å². The first-order valence-electron chi connectivity index (χ1n) is 12.5. The van der Waals surface area contributed by atoms with Gasteiger partial charge < -0.3 is 16.0 Å². The summed E-state index contributed by atoms with van der Waals surface area (Å²) in [4.78, 5) is 49.4. The summed E-state index contributed by atoms with van der Waals surface area (Å²) in [5.41, 5.74) is 3.40. The van der Waals surface area contributed by atoms with Crippen LogP contribution in [0, 0.1) is 0 Å². The van der Waals surface area contributed by atoms with Gasteiger partial charge in [0.15, 0.2) is 0 Å². The Morgan fingerprint density at radius 2 is 1.83 bits per heavy atom. The summed E-state index contributed by atoms with van der Waals surface area (Å²) >= 11 is 1.37. The van der Waals surface area contributed by atoms with E-state index in [1.165, 1.54) is 24.3 Å². The van der Waals surface area contributed by atoms with Crippen LogP contribution >= 0.6 is 11.8 Å². The first kappa shape index (κ1) is 23.0. The second-order valence-electron chi connectivity index (χ2n) is 9.78. The molecule has 2 saturated carbocycles. The number of nitrogens with one attached hydrogen (secondary N) is 3. The quantitative estimate of drug-likeness (QED) is 0.519. The molecule has 2 aromatic rings. The molecule has 2 unspecified atom stereocenters. The average molecular weight is 505 g/mol. The van der Waals surface area contributed by atoms with Crippen LogP contribution in [0.25, 0.3) is 0 Å². The molecule has 0 saturated heterocycles. The van der Waals surface area contributed by atoms with Crippen molar-refractivity contribution >= 4 is 41.0 Å². The molecular weight excluding hydrogens is 476 g/mol. The largest absolute Gasteiger partial charge is 0.350 e. The Kier molecular flexibility index (Phi) is 5.91. The fraction of sp³-hybridized carbons (Fsp3) is 0.423. The van der Waals surface area contributed by atoms with Crippen molar-refractivity contribution in [2.24, 2.45) is 0 Å². The Bertz CT molecular complexity index is 1250. The molecule has 10 heteroatoms. The van der Waals surface area contributed by atoms with Gasteiger partial charge in [0.05, 0.1) is 17.4 Å². The fourth-order valence-electron chi connectivity index (χ4n) is 5.60. The number of aromatic nitrogens is 2. The predicted octanol–water partition coefficient (Wildman–Crippen LogP) is 3.46. The van der Waals surface area contributed by atoms with Gasteiger partial charge in [0.25, 0.3) is 0 Å². The highest BCUT2D eigenvalue weighted by Crippen LogP contribution is 2.51. The lowest BCUT2D eigenvalue weighted by Gasteiger charge is -2.35. The van der Waals surface area contributed by atoms with Crippen LogP contribution in [0.1, 0.15) is 61.7 Å². The molecule has 0 aromatic carbocycles. The summed E-state index contributed by atoms with van der Waals surface area (Å²) in [6.07, 6.45) is 10.7. The second kappa shape index (κ2) is 9.24. The van der Waals surface area contributed by atoms with Crippen molar-refractivity contribution in [2.45, 2.75) is 72.8 Å². The molecule has 0 bridgehead atoms. The van der Waals surface area contributed by atoms with Gasteiger partial charge in [0.1, 0.15) is 10.3 Å². The summed E-state index contributed by atoms with van der Waals surface area (Å²) in [6, 6.07) is 4.65. The number of urea groups is 1. The Labute approximate surface area is 213 Å². The normalized spacial score (nSPS) is 26.6. The van der Waals surface area contributed by atoms with E-state index < -0.39 is 11.3 Å². The molecule has 3 N–H and O–H groups in total. The van der Waals surface area contributed by atoms with Gasteiger partial charge in [0.2, 0.25) is 11.8 Å². The van der Waals surface area contributed by atoms with E-state index in [0.717, 1.165) is 59.8 Å². The van der Waals surface area contributed by atoms with Crippen molar-refractivity contribution in [3.05, 3.63) is 54.5 Å². The Balaban J connectivity index is 1.25. The fourth-order valence-corrected chi connectivity index (χ4v) is 6.83. The van der Waals surface area contributed by atoms with E-state index in [9.17, 15) is 14.4 Å². The number of hydrogen-bond acceptors (Lipinski definition) is 6. The summed E-state index contributed by atoms with van der Waals surface area (Å²) in [5.74, 6) is 0.0468. The van der Waals surface area contributed by atoms with Gasteiger partial charge in [0, 0.05) is 41.7 Å². The summed E-state index contributed by atoms with van der Waals surface area (Å²) in [5, 5.41) is 9.32. The minimum Gasteiger partial charge on any atom is -0.350 e. The van der Waals surface area contributed by atoms with Crippen LogP contribution in [0.15, 0.2) is 48.3 Å². The molecule has 2 aromatic heterocycles. The number of hydrogen-bond donors (Lipinski definition) is 3. The van der Waals surface area contributed by atoms with Gasteiger partial charge in [-0.3, -0.25) is 19.5 Å². The number of rotatable bonds is 6. The minimum atomic E-state index is -0.543. The smallest absolute Gasteiger partial charge is 0.327 e. The van der Waals surface area contributed by atoms with Crippen molar-refractivity contribution in [1.29, 1.82) is 0 Å². The number of pyridine rings is 2. The lowest BCUT2D eigenvalue weighted by Crippen LogP contribution is -2.53. The van der Waals surface area contributed by atoms with E-state index in [2.05, 4.69) is 32.5 Å². The summed E-state index contributed by atoms with van der Waals surface area (Å²) in [7, 11) is 0. The third-order valence-corrected chi connectivity index (χ3v) is 8.96. The third-order valence-electron chi connectivity index (χ3n) is 7.67. The SMILES string of the molecule is C=CC(=O)N[C@H]1CCC[C@H]1NC(=O)C1Sc2nccc3c2C1NC(=O)N3c1ccnc(C2CCC2)c1. The molecule has 4 aliphatic rings. The number of carbonyl (C=O) groups excluding carboxylic acids is 3. The maximum absolute atomic E-state index is 13.4. The highest BCUT2D eigenvalue weighted by atomic mass is 32.2. The Morgan fingerprint density at radius 3 is 2.58 bits per heavy atom. The lowest BCUT2D eigenvalue weighted by molar-refractivity contribution is -0.122. The van der Waals surface area contributed by atoms with Crippen molar-refractivity contribution in [1.82, 2.24) is 25.9 Å². The molecule has 4 atom stereocenters. The first-order chi connectivity index (χ1) is 17.5. The van der Waals surface area contributed by atoms with Crippen molar-refractivity contribution < 1.29 is 14.4 Å². The zero-order valence-electron chi connectivity index (χ0n) is 19.8. The molecule has 2 fully saturated rings. The summed E-state index contributed by atoms with van der Waals surface area (Å²) in [6.45, 7) is 3.51. The number of thioether (sulfide) groups is 1. The number of carbonyl (C=O) groups is 3. The van der Waals surface area contributed by atoms with E-state index in [-0.39, 0.29) is 29.9 Å². The lowest BCUT2D eigenvalue weighted by atomic mass is 9.82. The number of nitrogens with zero attached hydrogens (tertiary/aromatic N) is 3. The van der Waals surface area contributed by atoms with Gasteiger partial charge in [-0.05, 0) is 56.4 Å². The van der Waals surface area contributed by atoms with Gasteiger partial charge >= 0.3 is 6.03 Å². The van der Waals surface area contributed by atoms with Gasteiger partial charge in [-0.15, -0.1) is 0 Å². The van der Waals surface area contributed by atoms with E-state index >= 15 is 0 Å². The standard InChI is InChI=1S/C26H28N6O3S/c1-2-20(33)29-16-7-4-8-17(16)30-24(34)23-22-21-19(10-12-28-25(21)36-23)32(26(35)31-22)15-9-11-27-18(13-15)14-5-3-6-14/h2,9-14,16-17,22-23H,1,3-8H2,(H,29,33)(H,30,34)(H,31,35)/t16-,17+,22?,23?/m0/s1. The first-order valence-corrected chi connectivity index (χ1v) is 13.4. The molecular formula is C26H28N6O3S. The summed E-state index contributed by atoms with van der Waals surface area (Å²) < 4.78 is 0. The van der Waals surface area contributed by atoms with Crippen molar-refractivity contribution in [3.8, 4) is 0 Å². The second-order valence-corrected chi connectivity index (χ2v) is 10.9. The van der Waals surface area contributed by atoms with Crippen LogP contribution in [-0.2, 0) is 9.59 Å². The molecule has 0 spiro atoms. The monoisotopic (exact) mass is 504 g/mol.